The number of carbonyl (C=O) groups excluding carboxylic acids is 2. The molecular formula is C58H139ClN8O6P76. The van der Waals surface area contributed by atoms with Crippen LogP contribution in [0.2, 0.25) is 5.15 Å². The van der Waals surface area contributed by atoms with Crippen LogP contribution >= 0.6 is 622 Å². The molecule has 8 aromatic rings. The van der Waals surface area contributed by atoms with Crippen LogP contribution in [-0.4, -0.2) is 70.0 Å². The molecule has 0 bridgehead atoms. The van der Waals surface area contributed by atoms with Crippen LogP contribution < -0.4 is 30.0 Å². The maximum Gasteiger partial charge on any atom is 0.254 e. The van der Waals surface area contributed by atoms with Crippen LogP contribution in [0, 0.1) is 27.7 Å². The number of aromatic nitrogens is 4. The lowest BCUT2D eigenvalue weighted by molar-refractivity contribution is 0.0758. The van der Waals surface area contributed by atoms with Crippen molar-refractivity contribution in [3.63, 3.8) is 0 Å². The standard InChI is InChI=1S/C29H28N4O3.C17H18N2O2.C12H11ClN2O.H33P31.H32P30.H17P15/c1-18-5-8-20(9-6-18)26-27(36-4)28(31-17-30-26)32-23-11-12-24-22(14-23)16-33(29(24)34)15-21-10-7-19(2)13-25(21)35-3;1-11-3-4-12(16(7-11)21-2)9-19-10-13-8-14(18)5-6-15(13)17(19)20;1-8-3-5-9(6-4-8)10-11(16-2)12(13)15-7-14-10;1-17-25(16)29(24(14)15)31(28(22(10)11)23(12)13)30(26(18(2)3)19(4)5)27(20(6)7)21(8)9;1-17(2)25(18(3)4)29(26(19(5)6)20(7)8)30(27(21(9)10)22(11)12)28(23(13)14)24(15)16;1-9-13(8)15(12(6)7)14(10(2)3)11(4)5/h5-14,17H,15-16H2,1-4H3,(H,30,31,32);3-8H,9-10,18H2,1-2H3;3-7H,1-2H3;17H,1-16H2;1-16H2;9H,1-8H2. The highest BCUT2D eigenvalue weighted by molar-refractivity contribution is 9.47. The number of fused-ring (bicyclic) bond motifs is 2. The number of amides is 2. The van der Waals surface area contributed by atoms with Gasteiger partial charge < -0.3 is 39.8 Å². The molecule has 0 spiro atoms. The Bertz CT molecular complexity index is 5220. The molecule has 149 heavy (non-hydrogen) atoms. The number of hydrogen-bond donors (Lipinski definition) is 2. The van der Waals surface area contributed by atoms with Crippen LogP contribution in [0.5, 0.6) is 23.0 Å². The molecule has 2 amide bonds. The van der Waals surface area contributed by atoms with Crippen molar-refractivity contribution in [1.82, 2.24) is 29.7 Å². The second kappa shape index (κ2) is 86.7. The fraction of sp³-hybridized carbons (Fsp3) is 0.207. The third-order valence-corrected chi connectivity index (χ3v) is 509. The summed E-state index contributed by atoms with van der Waals surface area (Å²) in [5, 5.41) is 3.68. The average molecular weight is 3430 g/mol. The first-order chi connectivity index (χ1) is 69.8. The highest BCUT2D eigenvalue weighted by Gasteiger charge is 2.54. The lowest BCUT2D eigenvalue weighted by Gasteiger charge is -2.52. The Labute approximate surface area is 1030 Å². The van der Waals surface area contributed by atoms with Crippen LogP contribution in [0.3, 0.4) is 0 Å². The van der Waals surface area contributed by atoms with Gasteiger partial charge in [0.25, 0.3) is 11.8 Å². The highest BCUT2D eigenvalue weighted by atomic mass is 35.5. The fourth-order valence-electron chi connectivity index (χ4n) is 12.6. The number of benzene rings is 6. The number of methoxy groups -OCH3 is 4. The zero-order chi connectivity index (χ0) is 113. The van der Waals surface area contributed by atoms with E-state index in [1.165, 1.54) is 23.8 Å². The topological polar surface area (TPSA) is 167 Å². The van der Waals surface area contributed by atoms with E-state index >= 15 is 0 Å². The van der Waals surface area contributed by atoms with Gasteiger partial charge in [-0.1, -0.05) is 111 Å². The van der Waals surface area contributed by atoms with Gasteiger partial charge in [-0.3, -0.25) is 9.59 Å². The molecule has 47 unspecified atom stereocenters. The van der Waals surface area contributed by atoms with Gasteiger partial charge in [0.1, 0.15) is 35.5 Å². The van der Waals surface area contributed by atoms with Crippen molar-refractivity contribution < 1.29 is 28.5 Å². The number of nitrogen functional groups attached to an aromatic ring is 1. The number of nitrogens with two attached hydrogens (primary N) is 1. The van der Waals surface area contributed by atoms with Gasteiger partial charge in [0.05, 0.1) is 28.4 Å². The number of nitrogens with zero attached hydrogens (tertiary/aromatic N) is 6. The number of aryl methyl sites for hydroxylation is 4. The van der Waals surface area contributed by atoms with E-state index < -0.39 is 0 Å². The van der Waals surface area contributed by atoms with E-state index in [0.717, 1.165) is 83.2 Å². The van der Waals surface area contributed by atoms with Gasteiger partial charge in [-0.2, -0.15) is 0 Å². The first-order valence-corrected chi connectivity index (χ1v) is 177. The first kappa shape index (κ1) is 164. The Morgan fingerprint density at radius 1 is 0.322 bits per heavy atom. The summed E-state index contributed by atoms with van der Waals surface area (Å²) < 4.78 is 21.8. The predicted octanol–water partition coefficient (Wildman–Crippen LogP) is 55.0. The van der Waals surface area contributed by atoms with Gasteiger partial charge in [0.15, 0.2) is 22.5 Å². The molecule has 10 rings (SSSR count). The maximum atomic E-state index is 13.1. The number of rotatable bonds is 45. The summed E-state index contributed by atoms with van der Waals surface area (Å²) in [6.07, 6.45) is 2.95. The molecule has 6 aromatic carbocycles. The van der Waals surface area contributed by atoms with E-state index in [1.807, 2.05) is 147 Å². The quantitative estimate of drug-likeness (QED) is 0.0211. The minimum Gasteiger partial charge on any atom is -0.496 e. The Balaban J connectivity index is 0.000000322. The van der Waals surface area contributed by atoms with Crippen LogP contribution in [-0.2, 0) is 26.2 Å². The van der Waals surface area contributed by atoms with Crippen molar-refractivity contribution in [3.8, 4) is 45.5 Å². The molecule has 0 fully saturated rings. The fourth-order valence-corrected chi connectivity index (χ4v) is 974. The minimum atomic E-state index is -0.0589. The summed E-state index contributed by atoms with van der Waals surface area (Å²) in [7, 11) is 139. The normalized spacial score (nSPS) is 14.2. The van der Waals surface area contributed by atoms with Crippen LogP contribution in [0.1, 0.15) is 65.2 Å². The smallest absolute Gasteiger partial charge is 0.254 e. The predicted molar refractivity (Wildman–Crippen MR) is 926 cm³/mol. The zero-order valence-corrected chi connectivity index (χ0v) is 161. The van der Waals surface area contributed by atoms with Gasteiger partial charge in [-0.15, -0.1) is 357 Å². The van der Waals surface area contributed by atoms with Gasteiger partial charge in [-0.25, -0.2) is 19.9 Å². The number of anilines is 3. The summed E-state index contributed by atoms with van der Waals surface area (Å²) >= 11 is 5.93. The zero-order valence-electron chi connectivity index (χ0n) is 81.4. The number of hydrogen-bond acceptors (Lipinski definition) is 12. The number of carbonyl (C=O) groups is 2. The van der Waals surface area contributed by atoms with Gasteiger partial charge >= 0.3 is 0 Å². The number of halogens is 1. The number of ether oxygens (including phenoxy) is 4. The number of nitrogens with one attached hydrogen (secondary N) is 1. The van der Waals surface area contributed by atoms with Gasteiger partial charge in [0.2, 0.25) is 0 Å². The van der Waals surface area contributed by atoms with Crippen molar-refractivity contribution in [1.29, 1.82) is 0 Å². The second-order valence-electron chi connectivity index (χ2n) is 29.3. The molecule has 0 aliphatic carbocycles. The molecule has 4 heterocycles. The average Bonchev–Trinajstić information content (AvgIpc) is 1.63. The van der Waals surface area contributed by atoms with E-state index in [2.05, 4.69) is 382 Å². The summed E-state index contributed by atoms with van der Waals surface area (Å²) in [5.41, 5.74) is 20.7. The Morgan fingerprint density at radius 3 is 0.886 bits per heavy atom. The Kier molecular flexibility index (Phi) is 95.2. The summed E-state index contributed by atoms with van der Waals surface area (Å²) in [5.74, 6) is 3.31. The van der Waals surface area contributed by atoms with E-state index in [1.54, 1.807) is 40.6 Å². The van der Waals surface area contributed by atoms with Gasteiger partial charge in [-0.05, 0) is 336 Å². The largest absolute Gasteiger partial charge is 0.496 e. The third kappa shape index (κ3) is 53.9. The first-order valence-electron chi connectivity index (χ1n) is 40.5. The van der Waals surface area contributed by atoms with Crippen molar-refractivity contribution in [2.75, 3.05) is 39.5 Å². The van der Waals surface area contributed by atoms with Crippen LogP contribution in [0.15, 0.2) is 134 Å². The molecule has 2 aliphatic rings. The van der Waals surface area contributed by atoms with E-state index in [-0.39, 0.29) is 249 Å². The van der Waals surface area contributed by atoms with E-state index in [0.29, 0.717) is 71.3 Å². The molecule has 834 valence electrons. The third-order valence-electron chi connectivity index (χ3n) is 18.6. The summed E-state index contributed by atoms with van der Waals surface area (Å²) in [6.45, 7) is 10.8. The lowest BCUT2D eigenvalue weighted by atomic mass is 10.1. The van der Waals surface area contributed by atoms with Gasteiger partial charge in [0, 0.05) is 70.9 Å². The van der Waals surface area contributed by atoms with Crippen LogP contribution in [0.4, 0.5) is 17.2 Å². The summed E-state index contributed by atoms with van der Waals surface area (Å²) in [4.78, 5) is 46.1. The van der Waals surface area contributed by atoms with Crippen molar-refractivity contribution in [3.05, 3.63) is 195 Å². The Morgan fingerprint density at radius 2 is 0.591 bits per heavy atom. The molecule has 2 aliphatic heterocycles. The van der Waals surface area contributed by atoms with E-state index in [9.17, 15) is 9.59 Å². The highest BCUT2D eigenvalue weighted by Crippen LogP contribution is 3.41. The monoisotopic (exact) mass is 3430 g/mol. The molecule has 3 N–H and O–H groups in total. The molecule has 0 saturated carbocycles. The second-order valence-corrected chi connectivity index (χ2v) is 330. The summed E-state index contributed by atoms with van der Waals surface area (Å²) in [6, 6.07) is 39.4. The molecule has 2 aromatic heterocycles. The van der Waals surface area contributed by atoms with E-state index in [4.69, 9.17) is 36.3 Å². The lowest BCUT2D eigenvalue weighted by Crippen LogP contribution is -2.23. The van der Waals surface area contributed by atoms with Crippen molar-refractivity contribution >= 4 is 651 Å². The van der Waals surface area contributed by atoms with Crippen molar-refractivity contribution in [2.24, 2.45) is 0 Å². The minimum absolute atomic E-state index is 0.0143. The van der Waals surface area contributed by atoms with Crippen LogP contribution in [0.25, 0.3) is 22.5 Å². The molecule has 0 saturated heterocycles. The Hall–Kier alpha value is 24.2. The van der Waals surface area contributed by atoms with Crippen molar-refractivity contribution in [2.45, 2.75) is 53.9 Å². The molecule has 14 nitrogen and oxygen atoms in total. The maximum absolute atomic E-state index is 13.1. The molecule has 47 atom stereocenters. The SMILES string of the molecule is COc1c(Cl)ncnc1-c1ccc(C)cc1.COc1cc(C)ccc1CN1Cc2cc(N)ccc2C1=O.COc1cc(C)ccc1CN1Cc2cc(Nc3ncnc(-c4ccc(C)cc4)c3OC)ccc2C1=O.PP(P)P(P(P)P)P(P(P(P)P)P(P)P)P(P(P(P)P)P(P)P)P(P(P)P)P(P)P.PPP(P)P(P(P)P)P(P(P(P)P)P(P)P)P(P(P(P)P)P(P)P)P(P(P)P)P(P)P.PPP(P)P(P(P)P)P(P(P)P)P(P)P. The molecule has 91 heteroatoms. The molecular weight excluding hydrogens is 3290 g/mol. The molecule has 0 radical (unpaired) electrons.